The number of rotatable bonds is 24. The zero-order valence-corrected chi connectivity index (χ0v) is 27.4. The normalized spacial score (nSPS) is 18.5. The molecule has 1 fully saturated rings. The van der Waals surface area contributed by atoms with E-state index in [4.69, 9.17) is 9.47 Å². The Kier molecular flexibility index (Phi) is 19.7. The van der Waals surface area contributed by atoms with E-state index in [1.165, 1.54) is 64.2 Å². The minimum Gasteiger partial charge on any atom is -0.481 e. The molecule has 42 heavy (non-hydrogen) atoms. The lowest BCUT2D eigenvalue weighted by Crippen LogP contribution is -2.57. The van der Waals surface area contributed by atoms with E-state index in [2.05, 4.69) is 29.7 Å². The Labute approximate surface area is 256 Å². The van der Waals surface area contributed by atoms with Gasteiger partial charge in [-0.15, -0.1) is 0 Å². The van der Waals surface area contributed by atoms with Crippen LogP contribution < -0.4 is 10.6 Å². The van der Waals surface area contributed by atoms with Gasteiger partial charge < -0.3 is 25.2 Å². The number of unbranched alkanes of at least 4 members (excludes halogenated alkanes) is 12. The van der Waals surface area contributed by atoms with Crippen molar-refractivity contribution < 1.29 is 29.0 Å². The molecule has 1 aliphatic heterocycles. The van der Waals surface area contributed by atoms with E-state index in [-0.39, 0.29) is 18.4 Å². The van der Waals surface area contributed by atoms with E-state index >= 15 is 0 Å². The molecule has 0 saturated carbocycles. The van der Waals surface area contributed by atoms with Gasteiger partial charge in [0.2, 0.25) is 11.8 Å². The molecule has 0 spiro atoms. The first-order valence-electron chi connectivity index (χ1n) is 16.7. The predicted molar refractivity (Wildman–Crippen MR) is 169 cm³/mol. The van der Waals surface area contributed by atoms with Crippen LogP contribution in [0.4, 0.5) is 0 Å². The molecule has 2 unspecified atom stereocenters. The smallest absolute Gasteiger partial charge is 0.308 e. The summed E-state index contributed by atoms with van der Waals surface area (Å²) in [6.07, 6.45) is 22.4. The Balaban J connectivity index is 2.06. The van der Waals surface area contributed by atoms with Crippen LogP contribution in [0.1, 0.15) is 144 Å². The minimum absolute atomic E-state index is 0.0488. The van der Waals surface area contributed by atoms with Gasteiger partial charge in [0.25, 0.3) is 0 Å². The van der Waals surface area contributed by atoms with Gasteiger partial charge >= 0.3 is 5.97 Å². The monoisotopic (exact) mass is 594 g/mol. The molecule has 8 nitrogen and oxygen atoms in total. The second-order valence-electron chi connectivity index (χ2n) is 13.1. The van der Waals surface area contributed by atoms with Gasteiger partial charge in [-0.05, 0) is 58.8 Å². The highest BCUT2D eigenvalue weighted by atomic mass is 16.7. The van der Waals surface area contributed by atoms with Crippen LogP contribution in [-0.4, -0.2) is 54.5 Å². The number of carboxylic acid groups (broad SMARTS) is 1. The molecule has 0 radical (unpaired) electrons. The van der Waals surface area contributed by atoms with Crippen molar-refractivity contribution in [2.24, 2.45) is 11.3 Å². The van der Waals surface area contributed by atoms with Crippen LogP contribution in [0.15, 0.2) is 12.2 Å². The highest BCUT2D eigenvalue weighted by molar-refractivity contribution is 5.82. The highest BCUT2D eigenvalue weighted by Crippen LogP contribution is 2.34. The number of carboxylic acids is 1. The zero-order valence-electron chi connectivity index (χ0n) is 27.4. The van der Waals surface area contributed by atoms with Gasteiger partial charge in [0, 0.05) is 24.9 Å². The third-order valence-corrected chi connectivity index (χ3v) is 7.98. The first-order chi connectivity index (χ1) is 20.0. The summed E-state index contributed by atoms with van der Waals surface area (Å²) in [6, 6.07) is 0. The van der Waals surface area contributed by atoms with E-state index in [1.54, 1.807) is 13.8 Å². The van der Waals surface area contributed by atoms with Crippen LogP contribution >= 0.6 is 0 Å². The molecule has 1 heterocycles. The summed E-state index contributed by atoms with van der Waals surface area (Å²) in [5.41, 5.74) is -0.513. The molecule has 0 aromatic heterocycles. The molecular formula is C34H62N2O6. The molecule has 1 rings (SSSR count). The van der Waals surface area contributed by atoms with Crippen molar-refractivity contribution in [2.45, 2.75) is 156 Å². The summed E-state index contributed by atoms with van der Waals surface area (Å²) in [5.74, 6) is -2.73. The van der Waals surface area contributed by atoms with E-state index < -0.39 is 29.2 Å². The van der Waals surface area contributed by atoms with E-state index in [0.717, 1.165) is 19.3 Å². The molecule has 1 aliphatic rings. The Morgan fingerprint density at radius 3 is 2.05 bits per heavy atom. The zero-order chi connectivity index (χ0) is 31.3. The maximum Gasteiger partial charge on any atom is 0.308 e. The van der Waals surface area contributed by atoms with Crippen LogP contribution in [-0.2, 0) is 23.9 Å². The van der Waals surface area contributed by atoms with Gasteiger partial charge in [-0.1, -0.05) is 90.7 Å². The number of carbonyl (C=O) groups excluding carboxylic acids is 2. The van der Waals surface area contributed by atoms with Crippen molar-refractivity contribution in [1.82, 2.24) is 10.6 Å². The summed E-state index contributed by atoms with van der Waals surface area (Å²) in [6.45, 7) is 10.5. The molecule has 2 atom stereocenters. The van der Waals surface area contributed by atoms with Gasteiger partial charge in [0.1, 0.15) is 6.10 Å². The summed E-state index contributed by atoms with van der Waals surface area (Å²) in [4.78, 5) is 36.7. The standard InChI is InChI=1S/C34H62N2O6/c1-6-7-8-9-10-11-12-13-14-15-16-17-18-19-20-24-29(37)35-25-22-21-23-28(32(39)40)26-36-31(38)30-33(2,3)27-41-34(4,5)42-30/h13-14,28,30H,6-12,15-27H2,1-5H3,(H,35,37)(H,36,38)(H,39,40)/b14-13-. The molecule has 0 bridgehead atoms. The predicted octanol–water partition coefficient (Wildman–Crippen LogP) is 7.31. The summed E-state index contributed by atoms with van der Waals surface area (Å²) >= 11 is 0. The minimum atomic E-state index is -0.934. The SMILES string of the molecule is CCCCCCCC/C=C\CCCCCCCC(=O)NCCCCC(CNC(=O)C1OC(C)(C)OCC1(C)C)C(=O)O. The number of nitrogens with one attached hydrogen (secondary N) is 2. The maximum absolute atomic E-state index is 12.8. The van der Waals surface area contributed by atoms with E-state index in [1.807, 2.05) is 13.8 Å². The summed E-state index contributed by atoms with van der Waals surface area (Å²) in [7, 11) is 0. The number of hydrogen-bond donors (Lipinski definition) is 3. The lowest BCUT2D eigenvalue weighted by molar-refractivity contribution is -0.304. The molecule has 0 aromatic carbocycles. The van der Waals surface area contributed by atoms with Gasteiger partial charge in [0.05, 0.1) is 12.5 Å². The second-order valence-corrected chi connectivity index (χ2v) is 13.1. The van der Waals surface area contributed by atoms with Crippen molar-refractivity contribution in [3.63, 3.8) is 0 Å². The fourth-order valence-corrected chi connectivity index (χ4v) is 5.14. The van der Waals surface area contributed by atoms with Crippen molar-refractivity contribution in [1.29, 1.82) is 0 Å². The topological polar surface area (TPSA) is 114 Å². The van der Waals surface area contributed by atoms with Crippen molar-refractivity contribution in [2.75, 3.05) is 19.7 Å². The van der Waals surface area contributed by atoms with Crippen LogP contribution in [0.25, 0.3) is 0 Å². The number of aliphatic carboxylic acids is 1. The summed E-state index contributed by atoms with van der Waals surface area (Å²) in [5, 5.41) is 15.3. The quantitative estimate of drug-likeness (QED) is 0.0798. The van der Waals surface area contributed by atoms with Crippen LogP contribution in [0.2, 0.25) is 0 Å². The third kappa shape index (κ3) is 17.9. The Bertz CT molecular complexity index is 795. The van der Waals surface area contributed by atoms with Crippen LogP contribution in [0.3, 0.4) is 0 Å². The van der Waals surface area contributed by atoms with Gasteiger partial charge in [-0.3, -0.25) is 14.4 Å². The molecule has 0 aromatic rings. The molecule has 1 saturated heterocycles. The van der Waals surface area contributed by atoms with Crippen LogP contribution in [0.5, 0.6) is 0 Å². The number of allylic oxidation sites excluding steroid dienone is 2. The van der Waals surface area contributed by atoms with Crippen molar-refractivity contribution in [3.05, 3.63) is 12.2 Å². The Morgan fingerprint density at radius 1 is 0.833 bits per heavy atom. The molecule has 244 valence electrons. The first kappa shape index (κ1) is 38.1. The molecule has 0 aliphatic carbocycles. The maximum atomic E-state index is 12.8. The van der Waals surface area contributed by atoms with Crippen LogP contribution in [0, 0.1) is 11.3 Å². The lowest BCUT2D eigenvalue weighted by atomic mass is 9.85. The largest absolute Gasteiger partial charge is 0.481 e. The molecular weight excluding hydrogens is 532 g/mol. The Morgan fingerprint density at radius 2 is 1.43 bits per heavy atom. The highest BCUT2D eigenvalue weighted by Gasteiger charge is 2.45. The average molecular weight is 595 g/mol. The third-order valence-electron chi connectivity index (χ3n) is 7.98. The van der Waals surface area contributed by atoms with E-state index in [9.17, 15) is 19.5 Å². The van der Waals surface area contributed by atoms with Crippen molar-refractivity contribution >= 4 is 17.8 Å². The van der Waals surface area contributed by atoms with E-state index in [0.29, 0.717) is 38.8 Å². The lowest BCUT2D eigenvalue weighted by Gasteiger charge is -2.44. The number of hydrogen-bond acceptors (Lipinski definition) is 5. The Hall–Kier alpha value is -1.93. The molecule has 8 heteroatoms. The average Bonchev–Trinajstić information content (AvgIpc) is 2.93. The summed E-state index contributed by atoms with van der Waals surface area (Å²) < 4.78 is 11.5. The van der Waals surface area contributed by atoms with Gasteiger partial charge in [-0.2, -0.15) is 0 Å². The number of ether oxygens (including phenoxy) is 2. The van der Waals surface area contributed by atoms with Crippen molar-refractivity contribution in [3.8, 4) is 0 Å². The number of amides is 2. The second kappa shape index (κ2) is 21.7. The first-order valence-corrected chi connectivity index (χ1v) is 16.7. The van der Waals surface area contributed by atoms with Gasteiger partial charge in [-0.25, -0.2) is 0 Å². The molecule has 3 N–H and O–H groups in total. The molecule has 2 amide bonds. The fraction of sp³-hybridized carbons (Fsp3) is 0.853. The van der Waals surface area contributed by atoms with Gasteiger partial charge in [0.15, 0.2) is 5.79 Å². The number of carbonyl (C=O) groups is 3. The fourth-order valence-electron chi connectivity index (χ4n) is 5.14.